The van der Waals surface area contributed by atoms with E-state index >= 15 is 0 Å². The Hall–Kier alpha value is -1.23. The number of thioether (sulfide) groups is 1. The maximum atomic E-state index is 5.43. The van der Waals surface area contributed by atoms with Gasteiger partial charge in [0, 0.05) is 44.0 Å². The number of ether oxygens (including phenoxy) is 1. The molecule has 0 radical (unpaired) electrons. The van der Waals surface area contributed by atoms with Crippen LogP contribution >= 0.6 is 35.7 Å². The molecule has 1 fully saturated rings. The van der Waals surface area contributed by atoms with Crippen molar-refractivity contribution in [2.75, 3.05) is 52.2 Å². The summed E-state index contributed by atoms with van der Waals surface area (Å²) in [6.07, 6.45) is 4.66. The number of hydrogen-bond donors (Lipinski definition) is 2. The van der Waals surface area contributed by atoms with Crippen molar-refractivity contribution in [3.05, 3.63) is 53.5 Å². The maximum absolute atomic E-state index is 5.43. The minimum Gasteiger partial charge on any atom is -0.469 e. The molecule has 1 saturated heterocycles. The lowest BCUT2D eigenvalue weighted by Gasteiger charge is -2.26. The first-order valence-corrected chi connectivity index (χ1v) is 11.5. The van der Waals surface area contributed by atoms with Crippen LogP contribution < -0.4 is 10.6 Å². The van der Waals surface area contributed by atoms with Crippen molar-refractivity contribution in [3.8, 4) is 0 Å². The fourth-order valence-electron chi connectivity index (χ4n) is 3.24. The molecule has 1 aliphatic rings. The van der Waals surface area contributed by atoms with E-state index in [1.165, 1.54) is 16.0 Å². The number of nitrogens with one attached hydrogen (secondary N) is 2. The third-order valence-electron chi connectivity index (χ3n) is 4.92. The second kappa shape index (κ2) is 14.0. The lowest BCUT2D eigenvalue weighted by atomic mass is 10.1. The van der Waals surface area contributed by atoms with Gasteiger partial charge in [-0.05, 0) is 42.5 Å². The average Bonchev–Trinajstić information content (AvgIpc) is 3.26. The summed E-state index contributed by atoms with van der Waals surface area (Å²) in [6, 6.07) is 10.5. The largest absolute Gasteiger partial charge is 0.469 e. The van der Waals surface area contributed by atoms with Crippen molar-refractivity contribution in [2.45, 2.75) is 24.8 Å². The monoisotopic (exact) mass is 544 g/mol. The molecule has 30 heavy (non-hydrogen) atoms. The zero-order chi connectivity index (χ0) is 20.3. The van der Waals surface area contributed by atoms with E-state index in [0.29, 0.717) is 6.54 Å². The zero-order valence-electron chi connectivity index (χ0n) is 17.9. The second-order valence-corrected chi connectivity index (χ2v) is 7.97. The quantitative estimate of drug-likeness (QED) is 0.218. The molecule has 0 spiro atoms. The van der Waals surface area contributed by atoms with Gasteiger partial charge in [0.2, 0.25) is 0 Å². The molecule has 6 nitrogen and oxygen atoms in total. The lowest BCUT2D eigenvalue weighted by Crippen LogP contribution is -2.44. The average molecular weight is 545 g/mol. The summed E-state index contributed by atoms with van der Waals surface area (Å²) in [7, 11) is 0. The van der Waals surface area contributed by atoms with Gasteiger partial charge in [-0.2, -0.15) is 0 Å². The number of nitrogens with zero attached hydrogens (tertiary/aromatic N) is 2. The van der Waals surface area contributed by atoms with E-state index in [1.54, 1.807) is 18.0 Å². The van der Waals surface area contributed by atoms with Gasteiger partial charge in [-0.25, -0.2) is 4.99 Å². The van der Waals surface area contributed by atoms with E-state index in [0.717, 1.165) is 64.1 Å². The number of hydrogen-bond acceptors (Lipinski definition) is 5. The van der Waals surface area contributed by atoms with Crippen molar-refractivity contribution >= 4 is 41.7 Å². The molecule has 8 heteroatoms. The number of guanidine groups is 1. The molecule has 2 aromatic rings. The summed E-state index contributed by atoms with van der Waals surface area (Å²) in [4.78, 5) is 8.55. The molecule has 0 aliphatic carbocycles. The summed E-state index contributed by atoms with van der Waals surface area (Å²) >= 11 is 1.77. The summed E-state index contributed by atoms with van der Waals surface area (Å²) in [5.41, 5.74) is 2.53. The van der Waals surface area contributed by atoms with Gasteiger partial charge < -0.3 is 19.8 Å². The highest BCUT2D eigenvalue weighted by molar-refractivity contribution is 14.0. The number of aryl methyl sites for hydroxylation is 1. The number of halogens is 1. The second-order valence-electron chi connectivity index (χ2n) is 7.12. The Kier molecular flexibility index (Phi) is 11.6. The van der Waals surface area contributed by atoms with Crippen LogP contribution in [0.25, 0.3) is 0 Å². The van der Waals surface area contributed by atoms with E-state index in [9.17, 15) is 0 Å². The molecule has 2 heterocycles. The third-order valence-corrected chi connectivity index (χ3v) is 5.74. The van der Waals surface area contributed by atoms with Gasteiger partial charge in [0.15, 0.2) is 5.96 Å². The Morgan fingerprint density at radius 2 is 1.97 bits per heavy atom. The maximum Gasteiger partial charge on any atom is 0.191 e. The van der Waals surface area contributed by atoms with Crippen molar-refractivity contribution in [1.29, 1.82) is 0 Å². The fraction of sp³-hybridized carbons (Fsp3) is 0.500. The van der Waals surface area contributed by atoms with Crippen molar-refractivity contribution in [2.24, 2.45) is 4.99 Å². The summed E-state index contributed by atoms with van der Waals surface area (Å²) in [6.45, 7) is 9.06. The molecule has 166 valence electrons. The first kappa shape index (κ1) is 25.0. The minimum absolute atomic E-state index is 0. The number of rotatable bonds is 9. The predicted molar refractivity (Wildman–Crippen MR) is 135 cm³/mol. The van der Waals surface area contributed by atoms with E-state index < -0.39 is 0 Å². The number of benzene rings is 1. The molecule has 1 aromatic heterocycles. The molecule has 2 N–H and O–H groups in total. The van der Waals surface area contributed by atoms with Crippen LogP contribution in [0.3, 0.4) is 0 Å². The van der Waals surface area contributed by atoms with Crippen LogP contribution in [0.15, 0.2) is 50.9 Å². The topological polar surface area (TPSA) is 62.0 Å². The molecule has 0 atom stereocenters. The van der Waals surface area contributed by atoms with Crippen LogP contribution in [-0.4, -0.2) is 63.1 Å². The van der Waals surface area contributed by atoms with E-state index in [1.807, 2.05) is 12.1 Å². The molecule has 1 aliphatic heterocycles. The third kappa shape index (κ3) is 8.49. The summed E-state index contributed by atoms with van der Waals surface area (Å²) in [5.74, 6) is 1.82. The summed E-state index contributed by atoms with van der Waals surface area (Å²) < 4.78 is 10.8. The van der Waals surface area contributed by atoms with E-state index in [2.05, 4.69) is 46.9 Å². The highest BCUT2D eigenvalue weighted by Gasteiger charge is 2.10. The highest BCUT2D eigenvalue weighted by atomic mass is 127. The van der Waals surface area contributed by atoms with Crippen molar-refractivity contribution in [1.82, 2.24) is 15.5 Å². The molecular formula is C22H33IN4O2S. The number of furan rings is 1. The lowest BCUT2D eigenvalue weighted by molar-refractivity contribution is 0.0389. The number of morpholine rings is 1. The van der Waals surface area contributed by atoms with Crippen LogP contribution in [0.2, 0.25) is 0 Å². The Balaban J connectivity index is 0.00000320. The Morgan fingerprint density at radius 1 is 1.17 bits per heavy atom. The highest BCUT2D eigenvalue weighted by Crippen LogP contribution is 2.22. The Morgan fingerprint density at radius 3 is 2.70 bits per heavy atom. The van der Waals surface area contributed by atoms with Gasteiger partial charge in [-0.15, -0.1) is 35.7 Å². The van der Waals surface area contributed by atoms with Gasteiger partial charge in [0.1, 0.15) is 5.76 Å². The molecule has 0 bridgehead atoms. The van der Waals surface area contributed by atoms with Crippen LogP contribution in [0.4, 0.5) is 0 Å². The molecule has 0 amide bonds. The normalized spacial score (nSPS) is 14.9. The zero-order valence-corrected chi connectivity index (χ0v) is 21.0. The fourth-order valence-corrected chi connectivity index (χ4v) is 3.94. The van der Waals surface area contributed by atoms with Gasteiger partial charge in [-0.1, -0.05) is 12.1 Å². The first-order valence-electron chi connectivity index (χ1n) is 10.2. The standard InChI is InChI=1S/C22H32N4O2S.HI/c1-18-5-6-19(21(16-18)29-2)17-25-22(23-8-7-20-4-3-13-28-20)24-9-10-26-11-14-27-15-12-26;/h3-6,13,16H,7-12,14-15,17H2,1-2H3,(H2,23,24,25);1H. The first-order chi connectivity index (χ1) is 14.2. The van der Waals surface area contributed by atoms with Gasteiger partial charge in [0.05, 0.1) is 26.0 Å². The smallest absolute Gasteiger partial charge is 0.191 e. The van der Waals surface area contributed by atoms with Crippen LogP contribution in [0.1, 0.15) is 16.9 Å². The van der Waals surface area contributed by atoms with Crippen LogP contribution in [-0.2, 0) is 17.7 Å². The number of aliphatic imine (C=N–C) groups is 1. The van der Waals surface area contributed by atoms with E-state index in [-0.39, 0.29) is 24.0 Å². The van der Waals surface area contributed by atoms with Crippen molar-refractivity contribution < 1.29 is 9.15 Å². The SMILES string of the molecule is CSc1cc(C)ccc1CN=C(NCCc1ccco1)NCCN1CCOCC1.I. The summed E-state index contributed by atoms with van der Waals surface area (Å²) in [5, 5.41) is 6.93. The molecule has 1 aromatic carbocycles. The Labute approximate surface area is 201 Å². The molecular weight excluding hydrogens is 511 g/mol. The predicted octanol–water partition coefficient (Wildman–Crippen LogP) is 3.54. The van der Waals surface area contributed by atoms with Gasteiger partial charge in [0.25, 0.3) is 0 Å². The Bertz CT molecular complexity index is 765. The molecule has 0 unspecified atom stereocenters. The van der Waals surface area contributed by atoms with Crippen LogP contribution in [0.5, 0.6) is 0 Å². The molecule has 3 rings (SSSR count). The van der Waals surface area contributed by atoms with Gasteiger partial charge in [-0.3, -0.25) is 4.90 Å². The van der Waals surface area contributed by atoms with E-state index in [4.69, 9.17) is 14.1 Å². The van der Waals surface area contributed by atoms with Crippen molar-refractivity contribution in [3.63, 3.8) is 0 Å². The molecule has 0 saturated carbocycles. The van der Waals surface area contributed by atoms with Gasteiger partial charge >= 0.3 is 0 Å². The minimum atomic E-state index is 0. The van der Waals surface area contributed by atoms with Crippen LogP contribution in [0, 0.1) is 6.92 Å².